The van der Waals surface area contributed by atoms with Crippen LogP contribution in [0.1, 0.15) is 25.8 Å². The van der Waals surface area contributed by atoms with Crippen LogP contribution in [0.3, 0.4) is 0 Å². The predicted octanol–water partition coefficient (Wildman–Crippen LogP) is 3.68. The second kappa shape index (κ2) is 6.33. The first-order valence-electron chi connectivity index (χ1n) is 5.88. The zero-order valence-electron chi connectivity index (χ0n) is 11.4. The van der Waals surface area contributed by atoms with Gasteiger partial charge in [-0.3, -0.25) is 4.79 Å². The number of urea groups is 1. The molecule has 0 aromatic heterocycles. The summed E-state index contributed by atoms with van der Waals surface area (Å²) in [5.41, 5.74) is 0.187. The summed E-state index contributed by atoms with van der Waals surface area (Å²) in [5.74, 6) is -0.998. The van der Waals surface area contributed by atoms with E-state index in [4.69, 9.17) is 28.3 Å². The molecule has 7 heteroatoms. The third-order valence-electron chi connectivity index (χ3n) is 2.57. The topological polar surface area (TPSA) is 78.4 Å². The summed E-state index contributed by atoms with van der Waals surface area (Å²) in [5, 5.41) is 14.5. The first-order chi connectivity index (χ1) is 9.12. The molecule has 1 aromatic carbocycles. The molecule has 2 amide bonds. The Kier molecular flexibility index (Phi) is 5.25. The smallest absolute Gasteiger partial charge is 0.319 e. The standard InChI is InChI=1S/C13H16Cl2N2O3/c1-7-4-5-8(14)11(10(7)15)16-12(20)17-13(2,3)6-9(18)19/h4-5H,6H2,1-3H3,(H,18,19)(H2,16,17,20). The van der Waals surface area contributed by atoms with Crippen LogP contribution in [-0.4, -0.2) is 22.6 Å². The van der Waals surface area contributed by atoms with Crippen LogP contribution >= 0.6 is 23.2 Å². The fraction of sp³-hybridized carbons (Fsp3) is 0.385. The summed E-state index contributed by atoms with van der Waals surface area (Å²) in [6.45, 7) is 5.01. The Morgan fingerprint density at radius 1 is 1.30 bits per heavy atom. The van der Waals surface area contributed by atoms with E-state index < -0.39 is 17.5 Å². The number of rotatable bonds is 4. The molecule has 0 atom stereocenters. The lowest BCUT2D eigenvalue weighted by Crippen LogP contribution is -2.46. The van der Waals surface area contributed by atoms with Gasteiger partial charge in [-0.2, -0.15) is 0 Å². The number of carbonyl (C=O) groups excluding carboxylic acids is 1. The van der Waals surface area contributed by atoms with Crippen molar-refractivity contribution in [3.63, 3.8) is 0 Å². The second-order valence-corrected chi connectivity index (χ2v) is 5.87. The molecule has 0 radical (unpaired) electrons. The first kappa shape index (κ1) is 16.6. The number of halogens is 2. The number of benzene rings is 1. The second-order valence-electron chi connectivity index (χ2n) is 5.09. The molecule has 0 spiro atoms. The van der Waals surface area contributed by atoms with E-state index in [0.717, 1.165) is 5.56 Å². The summed E-state index contributed by atoms with van der Waals surface area (Å²) >= 11 is 12.1. The van der Waals surface area contributed by atoms with Crippen LogP contribution in [-0.2, 0) is 4.79 Å². The Morgan fingerprint density at radius 2 is 1.90 bits per heavy atom. The highest BCUT2D eigenvalue weighted by Crippen LogP contribution is 2.32. The van der Waals surface area contributed by atoms with Gasteiger partial charge >= 0.3 is 12.0 Å². The minimum absolute atomic E-state index is 0.199. The summed E-state index contributed by atoms with van der Waals surface area (Å²) in [6.07, 6.45) is -0.199. The number of aliphatic carboxylic acids is 1. The first-order valence-corrected chi connectivity index (χ1v) is 6.63. The van der Waals surface area contributed by atoms with Crippen molar-refractivity contribution in [2.75, 3.05) is 5.32 Å². The maximum atomic E-state index is 11.9. The fourth-order valence-corrected chi connectivity index (χ4v) is 2.11. The highest BCUT2D eigenvalue weighted by atomic mass is 35.5. The number of hydrogen-bond acceptors (Lipinski definition) is 2. The molecule has 0 aliphatic heterocycles. The Morgan fingerprint density at radius 3 is 2.45 bits per heavy atom. The van der Waals surface area contributed by atoms with Crippen LogP contribution in [0.4, 0.5) is 10.5 Å². The quantitative estimate of drug-likeness (QED) is 0.792. The average molecular weight is 319 g/mol. The number of anilines is 1. The van der Waals surface area contributed by atoms with Crippen LogP contribution in [0.25, 0.3) is 0 Å². The van der Waals surface area contributed by atoms with Gasteiger partial charge in [0, 0.05) is 5.54 Å². The third kappa shape index (κ3) is 4.58. The minimum Gasteiger partial charge on any atom is -0.481 e. The normalized spacial score (nSPS) is 11.1. The van der Waals surface area contributed by atoms with Crippen molar-refractivity contribution in [2.45, 2.75) is 32.7 Å². The molecule has 0 saturated heterocycles. The average Bonchev–Trinajstić information content (AvgIpc) is 2.27. The van der Waals surface area contributed by atoms with Gasteiger partial charge in [-0.05, 0) is 32.4 Å². The van der Waals surface area contributed by atoms with E-state index in [-0.39, 0.29) is 6.42 Å². The van der Waals surface area contributed by atoms with Crippen LogP contribution in [0, 0.1) is 6.92 Å². The molecule has 0 bridgehead atoms. The van der Waals surface area contributed by atoms with Crippen LogP contribution in [0.5, 0.6) is 0 Å². The highest BCUT2D eigenvalue weighted by Gasteiger charge is 2.24. The molecule has 0 aliphatic rings. The largest absolute Gasteiger partial charge is 0.481 e. The lowest BCUT2D eigenvalue weighted by molar-refractivity contribution is -0.138. The van der Waals surface area contributed by atoms with E-state index in [0.29, 0.717) is 15.7 Å². The van der Waals surface area contributed by atoms with Crippen molar-refractivity contribution in [3.05, 3.63) is 27.7 Å². The van der Waals surface area contributed by atoms with Crippen molar-refractivity contribution in [3.8, 4) is 0 Å². The van der Waals surface area contributed by atoms with Gasteiger partial charge in [-0.15, -0.1) is 0 Å². The van der Waals surface area contributed by atoms with Gasteiger partial charge in [-0.1, -0.05) is 29.3 Å². The van der Waals surface area contributed by atoms with Crippen LogP contribution in [0.15, 0.2) is 12.1 Å². The van der Waals surface area contributed by atoms with Crippen molar-refractivity contribution in [2.24, 2.45) is 0 Å². The number of nitrogens with one attached hydrogen (secondary N) is 2. The molecule has 3 N–H and O–H groups in total. The Hall–Kier alpha value is -1.46. The molecular formula is C13H16Cl2N2O3. The monoisotopic (exact) mass is 318 g/mol. The number of carbonyl (C=O) groups is 2. The molecule has 110 valence electrons. The van der Waals surface area contributed by atoms with E-state index in [2.05, 4.69) is 10.6 Å². The summed E-state index contributed by atoms with van der Waals surface area (Å²) in [7, 11) is 0. The van der Waals surface area contributed by atoms with Crippen molar-refractivity contribution >= 4 is 40.9 Å². The fourth-order valence-electron chi connectivity index (χ4n) is 1.65. The summed E-state index contributed by atoms with van der Waals surface area (Å²) < 4.78 is 0. The van der Waals surface area contributed by atoms with E-state index in [1.807, 2.05) is 0 Å². The third-order valence-corrected chi connectivity index (χ3v) is 3.37. The molecule has 5 nitrogen and oxygen atoms in total. The predicted molar refractivity (Wildman–Crippen MR) is 79.7 cm³/mol. The van der Waals surface area contributed by atoms with Gasteiger partial charge in [0.25, 0.3) is 0 Å². The van der Waals surface area contributed by atoms with Gasteiger partial charge in [-0.25, -0.2) is 4.79 Å². The van der Waals surface area contributed by atoms with Crippen molar-refractivity contribution < 1.29 is 14.7 Å². The van der Waals surface area contributed by atoms with Gasteiger partial charge in [0.1, 0.15) is 0 Å². The summed E-state index contributed by atoms with van der Waals surface area (Å²) in [6, 6.07) is 2.80. The summed E-state index contributed by atoms with van der Waals surface area (Å²) in [4.78, 5) is 22.6. The number of carboxylic acids is 1. The molecular weight excluding hydrogens is 303 g/mol. The Labute approximate surface area is 127 Å². The number of amides is 2. The number of aryl methyl sites for hydroxylation is 1. The van der Waals surface area contributed by atoms with Crippen LogP contribution in [0.2, 0.25) is 10.0 Å². The zero-order valence-corrected chi connectivity index (χ0v) is 12.9. The lowest BCUT2D eigenvalue weighted by Gasteiger charge is -2.24. The van der Waals surface area contributed by atoms with Gasteiger partial charge in [0.15, 0.2) is 0 Å². The molecule has 0 fully saturated rings. The van der Waals surface area contributed by atoms with E-state index in [1.54, 1.807) is 32.9 Å². The highest BCUT2D eigenvalue weighted by molar-refractivity contribution is 6.40. The molecule has 0 aliphatic carbocycles. The van der Waals surface area contributed by atoms with Crippen molar-refractivity contribution in [1.29, 1.82) is 0 Å². The van der Waals surface area contributed by atoms with Crippen LogP contribution < -0.4 is 10.6 Å². The molecule has 20 heavy (non-hydrogen) atoms. The lowest BCUT2D eigenvalue weighted by atomic mass is 10.0. The Balaban J connectivity index is 2.82. The molecule has 0 saturated carbocycles. The number of hydrogen-bond donors (Lipinski definition) is 3. The number of carboxylic acid groups (broad SMARTS) is 1. The maximum Gasteiger partial charge on any atom is 0.319 e. The van der Waals surface area contributed by atoms with E-state index in [1.165, 1.54) is 0 Å². The zero-order chi connectivity index (χ0) is 15.5. The molecule has 0 heterocycles. The molecule has 1 rings (SSSR count). The van der Waals surface area contributed by atoms with Crippen molar-refractivity contribution in [1.82, 2.24) is 5.32 Å². The maximum absolute atomic E-state index is 11.9. The van der Waals surface area contributed by atoms with Gasteiger partial charge in [0.2, 0.25) is 0 Å². The van der Waals surface area contributed by atoms with Gasteiger partial charge in [0.05, 0.1) is 22.2 Å². The Bertz CT molecular complexity index is 545. The molecule has 1 aromatic rings. The van der Waals surface area contributed by atoms with E-state index in [9.17, 15) is 9.59 Å². The SMILES string of the molecule is Cc1ccc(Cl)c(NC(=O)NC(C)(C)CC(=O)O)c1Cl. The van der Waals surface area contributed by atoms with E-state index >= 15 is 0 Å². The van der Waals surface area contributed by atoms with Gasteiger partial charge < -0.3 is 15.7 Å². The minimum atomic E-state index is -0.998. The molecule has 0 unspecified atom stereocenters.